The van der Waals surface area contributed by atoms with Crippen molar-refractivity contribution in [3.05, 3.63) is 35.4 Å². The summed E-state index contributed by atoms with van der Waals surface area (Å²) in [5.41, 5.74) is 4.70. The molecule has 1 aliphatic rings. The zero-order valence-corrected chi connectivity index (χ0v) is 7.93. The molecule has 0 heterocycles. The molecule has 0 amide bonds. The van der Waals surface area contributed by atoms with E-state index in [-0.39, 0.29) is 0 Å². The summed E-state index contributed by atoms with van der Waals surface area (Å²) in [6.45, 7) is 6.12. The number of phenolic OH excluding ortho intramolecular Hbond substituents is 1. The Balaban J connectivity index is 2.67. The van der Waals surface area contributed by atoms with Crippen molar-refractivity contribution >= 4 is 5.57 Å². The number of aromatic hydroxyl groups is 1. The Labute approximate surface area is 78.7 Å². The number of allylic oxidation sites excluding steroid dienone is 1. The molecule has 0 unspecified atom stereocenters. The van der Waals surface area contributed by atoms with Gasteiger partial charge in [-0.2, -0.15) is 0 Å². The standard InChI is InChI=1S/C12H14O/c1-8-4-3-5-10-11(13)7-6-9(2)12(8)10/h6-7,13H,1,3-5H2,2H3. The molecule has 0 saturated carbocycles. The van der Waals surface area contributed by atoms with Gasteiger partial charge in [-0.25, -0.2) is 0 Å². The Hall–Kier alpha value is -1.24. The first-order valence-corrected chi connectivity index (χ1v) is 4.69. The molecule has 1 aliphatic carbocycles. The molecule has 1 nitrogen and oxygen atoms in total. The summed E-state index contributed by atoms with van der Waals surface area (Å²) in [6, 6.07) is 3.75. The van der Waals surface area contributed by atoms with Crippen LogP contribution in [0.1, 0.15) is 29.5 Å². The Bertz CT molecular complexity index is 364. The topological polar surface area (TPSA) is 20.2 Å². The van der Waals surface area contributed by atoms with Gasteiger partial charge < -0.3 is 5.11 Å². The van der Waals surface area contributed by atoms with E-state index in [0.29, 0.717) is 5.75 Å². The highest BCUT2D eigenvalue weighted by molar-refractivity contribution is 5.72. The number of aryl methyl sites for hydroxylation is 1. The summed E-state index contributed by atoms with van der Waals surface area (Å²) in [5, 5.41) is 9.66. The van der Waals surface area contributed by atoms with Gasteiger partial charge in [-0.1, -0.05) is 12.6 Å². The fraction of sp³-hybridized carbons (Fsp3) is 0.333. The van der Waals surface area contributed by atoms with E-state index in [0.717, 1.165) is 24.8 Å². The van der Waals surface area contributed by atoms with Crippen molar-refractivity contribution in [1.29, 1.82) is 0 Å². The van der Waals surface area contributed by atoms with E-state index in [4.69, 9.17) is 0 Å². The van der Waals surface area contributed by atoms with E-state index in [2.05, 4.69) is 13.5 Å². The van der Waals surface area contributed by atoms with E-state index in [1.54, 1.807) is 6.07 Å². The van der Waals surface area contributed by atoms with Gasteiger partial charge in [0.1, 0.15) is 5.75 Å². The Morgan fingerprint density at radius 3 is 2.77 bits per heavy atom. The van der Waals surface area contributed by atoms with Crippen LogP contribution in [0.3, 0.4) is 0 Å². The van der Waals surface area contributed by atoms with Crippen molar-refractivity contribution in [2.75, 3.05) is 0 Å². The van der Waals surface area contributed by atoms with Gasteiger partial charge >= 0.3 is 0 Å². The highest BCUT2D eigenvalue weighted by Crippen LogP contribution is 2.36. The van der Waals surface area contributed by atoms with Gasteiger partial charge in [0.2, 0.25) is 0 Å². The minimum absolute atomic E-state index is 0.432. The SMILES string of the molecule is C=C1CCCc2c(O)ccc(C)c21. The van der Waals surface area contributed by atoms with Crippen molar-refractivity contribution in [1.82, 2.24) is 0 Å². The van der Waals surface area contributed by atoms with Crippen LogP contribution in [0.4, 0.5) is 0 Å². The monoisotopic (exact) mass is 174 g/mol. The number of hydrogen-bond donors (Lipinski definition) is 1. The maximum atomic E-state index is 9.66. The van der Waals surface area contributed by atoms with Gasteiger partial charge in [-0.3, -0.25) is 0 Å². The third kappa shape index (κ3) is 1.24. The normalized spacial score (nSPS) is 15.6. The highest BCUT2D eigenvalue weighted by atomic mass is 16.3. The summed E-state index contributed by atoms with van der Waals surface area (Å²) in [7, 11) is 0. The average molecular weight is 174 g/mol. The summed E-state index contributed by atoms with van der Waals surface area (Å²) in [5.74, 6) is 0.432. The molecule has 68 valence electrons. The van der Waals surface area contributed by atoms with Crippen LogP contribution >= 0.6 is 0 Å². The molecule has 0 spiro atoms. The van der Waals surface area contributed by atoms with E-state index in [1.807, 2.05) is 6.07 Å². The zero-order valence-electron chi connectivity index (χ0n) is 7.93. The predicted molar refractivity (Wildman–Crippen MR) is 54.8 cm³/mol. The quantitative estimate of drug-likeness (QED) is 0.641. The van der Waals surface area contributed by atoms with Gasteiger partial charge in [0.05, 0.1) is 0 Å². The van der Waals surface area contributed by atoms with E-state index >= 15 is 0 Å². The average Bonchev–Trinajstić information content (AvgIpc) is 2.12. The van der Waals surface area contributed by atoms with Crippen LogP contribution in [0.15, 0.2) is 18.7 Å². The minimum atomic E-state index is 0.432. The molecular formula is C12H14O. The first-order chi connectivity index (χ1) is 6.20. The van der Waals surface area contributed by atoms with E-state index in [9.17, 15) is 5.11 Å². The Morgan fingerprint density at radius 2 is 2.08 bits per heavy atom. The maximum Gasteiger partial charge on any atom is 0.119 e. The molecule has 1 heteroatoms. The second-order valence-electron chi connectivity index (χ2n) is 3.71. The lowest BCUT2D eigenvalue weighted by molar-refractivity contribution is 0.465. The summed E-state index contributed by atoms with van der Waals surface area (Å²) in [6.07, 6.45) is 3.17. The third-order valence-electron chi connectivity index (χ3n) is 2.76. The summed E-state index contributed by atoms with van der Waals surface area (Å²) in [4.78, 5) is 0. The van der Waals surface area contributed by atoms with Crippen LogP contribution in [0.25, 0.3) is 5.57 Å². The molecule has 1 aromatic rings. The number of hydrogen-bond acceptors (Lipinski definition) is 1. The van der Waals surface area contributed by atoms with Crippen molar-refractivity contribution in [2.24, 2.45) is 0 Å². The lowest BCUT2D eigenvalue weighted by Gasteiger charge is -2.21. The van der Waals surface area contributed by atoms with Crippen molar-refractivity contribution in [3.63, 3.8) is 0 Å². The molecule has 1 N–H and O–H groups in total. The number of benzene rings is 1. The van der Waals surface area contributed by atoms with Crippen molar-refractivity contribution in [2.45, 2.75) is 26.2 Å². The molecule has 0 radical (unpaired) electrons. The van der Waals surface area contributed by atoms with Crippen molar-refractivity contribution < 1.29 is 5.11 Å². The molecule has 1 aromatic carbocycles. The third-order valence-corrected chi connectivity index (χ3v) is 2.76. The maximum absolute atomic E-state index is 9.66. The minimum Gasteiger partial charge on any atom is -0.508 e. The lowest BCUT2D eigenvalue weighted by Crippen LogP contribution is -2.03. The highest BCUT2D eigenvalue weighted by Gasteiger charge is 2.17. The van der Waals surface area contributed by atoms with Crippen molar-refractivity contribution in [3.8, 4) is 5.75 Å². The van der Waals surface area contributed by atoms with Gasteiger partial charge in [0.25, 0.3) is 0 Å². The first-order valence-electron chi connectivity index (χ1n) is 4.69. The molecule has 13 heavy (non-hydrogen) atoms. The predicted octanol–water partition coefficient (Wildman–Crippen LogP) is 3.05. The number of phenols is 1. The summed E-state index contributed by atoms with van der Waals surface area (Å²) < 4.78 is 0. The van der Waals surface area contributed by atoms with Gasteiger partial charge in [-0.15, -0.1) is 0 Å². The van der Waals surface area contributed by atoms with Gasteiger partial charge in [0, 0.05) is 5.56 Å². The van der Waals surface area contributed by atoms with Crippen LogP contribution in [0.2, 0.25) is 0 Å². The van der Waals surface area contributed by atoms with Crippen LogP contribution in [0, 0.1) is 6.92 Å². The van der Waals surface area contributed by atoms with Gasteiger partial charge in [-0.05, 0) is 49.0 Å². The number of rotatable bonds is 0. The van der Waals surface area contributed by atoms with Crippen LogP contribution in [-0.2, 0) is 6.42 Å². The molecule has 0 aliphatic heterocycles. The first kappa shape index (κ1) is 8.36. The number of fused-ring (bicyclic) bond motifs is 1. The Morgan fingerprint density at radius 1 is 1.31 bits per heavy atom. The van der Waals surface area contributed by atoms with Crippen LogP contribution in [0.5, 0.6) is 5.75 Å². The zero-order chi connectivity index (χ0) is 9.42. The largest absolute Gasteiger partial charge is 0.508 e. The van der Waals surface area contributed by atoms with E-state index < -0.39 is 0 Å². The molecule has 0 fully saturated rings. The van der Waals surface area contributed by atoms with Crippen LogP contribution in [-0.4, -0.2) is 5.11 Å². The molecule has 0 saturated heterocycles. The van der Waals surface area contributed by atoms with Crippen LogP contribution < -0.4 is 0 Å². The van der Waals surface area contributed by atoms with E-state index in [1.165, 1.54) is 16.7 Å². The Kier molecular flexibility index (Phi) is 1.87. The summed E-state index contributed by atoms with van der Waals surface area (Å²) >= 11 is 0. The molecule has 0 bridgehead atoms. The second kappa shape index (κ2) is 2.91. The smallest absolute Gasteiger partial charge is 0.119 e. The molecular weight excluding hydrogens is 160 g/mol. The van der Waals surface area contributed by atoms with Gasteiger partial charge in [0.15, 0.2) is 0 Å². The molecule has 0 atom stereocenters. The fourth-order valence-corrected chi connectivity index (χ4v) is 2.10. The lowest BCUT2D eigenvalue weighted by atomic mass is 9.85. The second-order valence-corrected chi connectivity index (χ2v) is 3.71. The fourth-order valence-electron chi connectivity index (χ4n) is 2.10. The molecule has 0 aromatic heterocycles. The molecule has 2 rings (SSSR count).